The highest BCUT2D eigenvalue weighted by Gasteiger charge is 2.37. The van der Waals surface area contributed by atoms with Crippen LogP contribution >= 0.6 is 0 Å². The maximum absolute atomic E-state index is 12.3. The number of hydrogen-bond donors (Lipinski definition) is 1. The van der Waals surface area contributed by atoms with Crippen molar-refractivity contribution in [1.29, 1.82) is 0 Å². The second-order valence-electron chi connectivity index (χ2n) is 6.07. The summed E-state index contributed by atoms with van der Waals surface area (Å²) in [6, 6.07) is 6.36. The molecule has 1 amide bonds. The van der Waals surface area contributed by atoms with Gasteiger partial charge in [-0.05, 0) is 49.5 Å². The van der Waals surface area contributed by atoms with Crippen LogP contribution in [0.2, 0.25) is 0 Å². The number of likely N-dealkylation sites (tertiary alicyclic amines) is 1. The van der Waals surface area contributed by atoms with E-state index in [-0.39, 0.29) is 12.7 Å². The largest absolute Gasteiger partial charge is 0.454 e. The molecule has 1 N–H and O–H groups in total. The number of carbonyl (C=O) groups excluding carboxylic acids is 1. The fraction of sp³-hybridized carbons (Fsp3) is 0.562. The molecule has 3 heterocycles. The summed E-state index contributed by atoms with van der Waals surface area (Å²) in [4.78, 5) is 14.4. The number of benzene rings is 1. The minimum atomic E-state index is 0.288. The summed E-state index contributed by atoms with van der Waals surface area (Å²) in [5.74, 6) is 2.48. The van der Waals surface area contributed by atoms with Crippen molar-refractivity contribution in [2.24, 2.45) is 5.92 Å². The van der Waals surface area contributed by atoms with Crippen LogP contribution in [0.1, 0.15) is 24.8 Å². The van der Waals surface area contributed by atoms with E-state index in [0.717, 1.165) is 43.0 Å². The molecular weight excluding hydrogens is 268 g/mol. The van der Waals surface area contributed by atoms with E-state index in [1.807, 2.05) is 18.2 Å². The third-order valence-electron chi connectivity index (χ3n) is 4.81. The molecule has 21 heavy (non-hydrogen) atoms. The van der Waals surface area contributed by atoms with E-state index in [1.54, 1.807) is 0 Å². The lowest BCUT2D eigenvalue weighted by Crippen LogP contribution is -2.54. The van der Waals surface area contributed by atoms with Crippen molar-refractivity contribution in [2.75, 3.05) is 19.9 Å². The molecule has 112 valence electrons. The quantitative estimate of drug-likeness (QED) is 0.896. The van der Waals surface area contributed by atoms with Crippen LogP contribution in [0.15, 0.2) is 18.2 Å². The normalized spacial score (nSPS) is 27.6. The number of piperidine rings is 2. The molecule has 1 aromatic rings. The van der Waals surface area contributed by atoms with Crippen LogP contribution in [0.25, 0.3) is 0 Å². The zero-order valence-corrected chi connectivity index (χ0v) is 12.0. The van der Waals surface area contributed by atoms with Crippen LogP contribution in [0.4, 0.5) is 0 Å². The van der Waals surface area contributed by atoms with E-state index in [2.05, 4.69) is 10.2 Å². The number of fused-ring (bicyclic) bond motifs is 2. The van der Waals surface area contributed by atoms with Gasteiger partial charge < -0.3 is 19.7 Å². The predicted molar refractivity (Wildman–Crippen MR) is 77.1 cm³/mol. The van der Waals surface area contributed by atoms with Gasteiger partial charge in [0.25, 0.3) is 0 Å². The van der Waals surface area contributed by atoms with E-state index in [4.69, 9.17) is 9.47 Å². The molecule has 0 radical (unpaired) electrons. The Balaban J connectivity index is 1.55. The van der Waals surface area contributed by atoms with Gasteiger partial charge in [0, 0.05) is 19.0 Å². The number of ether oxygens (including phenoxy) is 2. The van der Waals surface area contributed by atoms with Gasteiger partial charge >= 0.3 is 0 Å². The van der Waals surface area contributed by atoms with Crippen LogP contribution in [0.3, 0.4) is 0 Å². The summed E-state index contributed by atoms with van der Waals surface area (Å²) < 4.78 is 10.8. The van der Waals surface area contributed by atoms with Crippen molar-refractivity contribution < 1.29 is 14.3 Å². The summed E-state index contributed by atoms with van der Waals surface area (Å²) >= 11 is 0. The summed E-state index contributed by atoms with van der Waals surface area (Å²) in [7, 11) is 0. The summed E-state index contributed by atoms with van der Waals surface area (Å²) in [6.07, 6.45) is 2.75. The van der Waals surface area contributed by atoms with E-state index in [1.165, 1.54) is 0 Å². The minimum Gasteiger partial charge on any atom is -0.454 e. The van der Waals surface area contributed by atoms with Crippen LogP contribution in [0, 0.1) is 5.92 Å². The van der Waals surface area contributed by atoms with Gasteiger partial charge in [-0.15, -0.1) is 0 Å². The molecule has 1 aromatic carbocycles. The molecule has 3 aliphatic rings. The van der Waals surface area contributed by atoms with Crippen molar-refractivity contribution in [3.05, 3.63) is 23.8 Å². The van der Waals surface area contributed by atoms with E-state index in [0.29, 0.717) is 24.9 Å². The Morgan fingerprint density at radius 3 is 3.10 bits per heavy atom. The average molecular weight is 288 g/mol. The first kappa shape index (κ1) is 13.0. The van der Waals surface area contributed by atoms with Crippen molar-refractivity contribution in [1.82, 2.24) is 10.2 Å². The van der Waals surface area contributed by atoms with E-state index in [9.17, 15) is 4.79 Å². The number of nitrogens with one attached hydrogen (secondary N) is 1. The summed E-state index contributed by atoms with van der Waals surface area (Å²) in [5, 5.41) is 3.44. The zero-order chi connectivity index (χ0) is 14.2. The Morgan fingerprint density at radius 1 is 1.24 bits per heavy atom. The summed E-state index contributed by atoms with van der Waals surface area (Å²) in [5.41, 5.74) is 1.12. The molecule has 5 nitrogen and oxygen atoms in total. The van der Waals surface area contributed by atoms with Gasteiger partial charge in [-0.2, -0.15) is 0 Å². The van der Waals surface area contributed by atoms with Gasteiger partial charge in [-0.1, -0.05) is 6.07 Å². The number of hydrogen-bond acceptors (Lipinski definition) is 4. The molecule has 2 saturated heterocycles. The molecule has 2 fully saturated rings. The van der Waals surface area contributed by atoms with E-state index < -0.39 is 0 Å². The first-order chi connectivity index (χ1) is 10.3. The molecule has 0 saturated carbocycles. The standard InChI is InChI=1S/C16H20N2O3/c19-16-4-2-12-8-17-6-5-13(12)18(16)9-11-1-3-14-15(7-11)21-10-20-14/h1,3,7,12-13,17H,2,4-6,8-10H2/t12-,13+/m1/s1. The fourth-order valence-corrected chi connectivity index (χ4v) is 3.69. The number of nitrogens with zero attached hydrogens (tertiary/aromatic N) is 1. The van der Waals surface area contributed by atoms with Gasteiger partial charge in [0.15, 0.2) is 11.5 Å². The maximum Gasteiger partial charge on any atom is 0.231 e. The van der Waals surface area contributed by atoms with Crippen LogP contribution in [0.5, 0.6) is 11.5 Å². The molecule has 0 aliphatic carbocycles. The Bertz CT molecular complexity index is 560. The Morgan fingerprint density at radius 2 is 2.14 bits per heavy atom. The first-order valence-electron chi connectivity index (χ1n) is 7.70. The molecule has 0 bridgehead atoms. The highest BCUT2D eigenvalue weighted by atomic mass is 16.7. The van der Waals surface area contributed by atoms with Gasteiger partial charge in [-0.3, -0.25) is 4.79 Å². The molecule has 0 spiro atoms. The lowest BCUT2D eigenvalue weighted by atomic mass is 9.84. The molecule has 3 aliphatic heterocycles. The van der Waals surface area contributed by atoms with Crippen molar-refractivity contribution in [3.8, 4) is 11.5 Å². The first-order valence-corrected chi connectivity index (χ1v) is 7.70. The number of amides is 1. The van der Waals surface area contributed by atoms with Crippen molar-refractivity contribution in [2.45, 2.75) is 31.8 Å². The van der Waals surface area contributed by atoms with Crippen molar-refractivity contribution in [3.63, 3.8) is 0 Å². The molecule has 0 unspecified atom stereocenters. The lowest BCUT2D eigenvalue weighted by molar-refractivity contribution is -0.140. The highest BCUT2D eigenvalue weighted by Crippen LogP contribution is 2.34. The third-order valence-corrected chi connectivity index (χ3v) is 4.81. The fourth-order valence-electron chi connectivity index (χ4n) is 3.69. The second kappa shape index (κ2) is 5.22. The second-order valence-corrected chi connectivity index (χ2v) is 6.07. The smallest absolute Gasteiger partial charge is 0.231 e. The third kappa shape index (κ3) is 2.35. The SMILES string of the molecule is O=C1CC[C@@H]2CNCC[C@@H]2N1Cc1ccc2c(c1)OCO2. The average Bonchev–Trinajstić information content (AvgIpc) is 2.98. The van der Waals surface area contributed by atoms with Gasteiger partial charge in [0.05, 0.1) is 0 Å². The Kier molecular flexibility index (Phi) is 3.22. The number of rotatable bonds is 2. The maximum atomic E-state index is 12.3. The number of carbonyl (C=O) groups is 1. The van der Waals surface area contributed by atoms with Gasteiger partial charge in [0.1, 0.15) is 0 Å². The molecule has 4 rings (SSSR count). The van der Waals surface area contributed by atoms with E-state index >= 15 is 0 Å². The minimum absolute atomic E-state index is 0.288. The monoisotopic (exact) mass is 288 g/mol. The molecule has 2 atom stereocenters. The Labute approximate surface area is 124 Å². The molecule has 0 aromatic heterocycles. The summed E-state index contributed by atoms with van der Waals surface area (Å²) in [6.45, 7) is 3.01. The highest BCUT2D eigenvalue weighted by molar-refractivity contribution is 5.77. The topological polar surface area (TPSA) is 50.8 Å². The van der Waals surface area contributed by atoms with Crippen LogP contribution < -0.4 is 14.8 Å². The van der Waals surface area contributed by atoms with Crippen LogP contribution in [-0.4, -0.2) is 36.7 Å². The molecule has 5 heteroatoms. The predicted octanol–water partition coefficient (Wildman–Crippen LogP) is 1.52. The van der Waals surface area contributed by atoms with Crippen molar-refractivity contribution >= 4 is 5.91 Å². The lowest BCUT2D eigenvalue weighted by Gasteiger charge is -2.44. The van der Waals surface area contributed by atoms with Gasteiger partial charge in [-0.25, -0.2) is 0 Å². The Hall–Kier alpha value is -1.75. The molecular formula is C16H20N2O3. The van der Waals surface area contributed by atoms with Gasteiger partial charge in [0.2, 0.25) is 12.7 Å². The van der Waals surface area contributed by atoms with Crippen LogP contribution in [-0.2, 0) is 11.3 Å². The zero-order valence-electron chi connectivity index (χ0n) is 12.0.